The Morgan fingerprint density at radius 2 is 2.20 bits per heavy atom. The van der Waals surface area contributed by atoms with E-state index in [1.165, 1.54) is 25.9 Å². The zero-order valence-corrected chi connectivity index (χ0v) is 12.4. The molecule has 2 aliphatic rings. The number of nitrogens with one attached hydrogen (secondary N) is 1. The quantitative estimate of drug-likeness (QED) is 0.916. The maximum absolute atomic E-state index is 5.43. The summed E-state index contributed by atoms with van der Waals surface area (Å²) < 4.78 is 10.8. The molecule has 3 rings (SSSR count). The predicted octanol–water partition coefficient (Wildman–Crippen LogP) is 2.95. The number of anilines is 1. The van der Waals surface area contributed by atoms with Crippen LogP contribution in [0.4, 0.5) is 5.69 Å². The SMILES string of the molecule is CCN1CCCC(C(C)Nc2ccc3c(c2)OCO3)C1. The summed E-state index contributed by atoms with van der Waals surface area (Å²) in [5.74, 6) is 2.41. The van der Waals surface area contributed by atoms with Crippen molar-refractivity contribution in [3.63, 3.8) is 0 Å². The molecule has 2 atom stereocenters. The molecule has 0 amide bonds. The first kappa shape index (κ1) is 13.6. The minimum absolute atomic E-state index is 0.336. The normalized spacial score (nSPS) is 23.6. The molecule has 4 nitrogen and oxygen atoms in total. The lowest BCUT2D eigenvalue weighted by Gasteiger charge is -2.35. The second kappa shape index (κ2) is 5.92. The van der Waals surface area contributed by atoms with Crippen LogP contribution in [0.25, 0.3) is 0 Å². The largest absolute Gasteiger partial charge is 0.454 e. The van der Waals surface area contributed by atoms with Gasteiger partial charge in [0.15, 0.2) is 11.5 Å². The van der Waals surface area contributed by atoms with Crippen molar-refractivity contribution >= 4 is 5.69 Å². The summed E-state index contributed by atoms with van der Waals surface area (Å²) in [5, 5.41) is 3.62. The maximum Gasteiger partial charge on any atom is 0.231 e. The highest BCUT2D eigenvalue weighted by molar-refractivity contribution is 5.56. The van der Waals surface area contributed by atoms with Crippen molar-refractivity contribution in [2.75, 3.05) is 31.7 Å². The minimum atomic E-state index is 0.336. The molecule has 0 radical (unpaired) electrons. The molecule has 0 spiro atoms. The van der Waals surface area contributed by atoms with Crippen LogP contribution in [-0.4, -0.2) is 37.4 Å². The number of hydrogen-bond acceptors (Lipinski definition) is 4. The lowest BCUT2D eigenvalue weighted by Crippen LogP contribution is -2.41. The highest BCUT2D eigenvalue weighted by Crippen LogP contribution is 2.34. The average Bonchev–Trinajstić information content (AvgIpc) is 2.95. The van der Waals surface area contributed by atoms with Gasteiger partial charge in [0.2, 0.25) is 6.79 Å². The summed E-state index contributed by atoms with van der Waals surface area (Å²) in [6.07, 6.45) is 2.63. The Kier molecular flexibility index (Phi) is 4.01. The van der Waals surface area contributed by atoms with Crippen LogP contribution in [0, 0.1) is 5.92 Å². The highest BCUT2D eigenvalue weighted by atomic mass is 16.7. The predicted molar refractivity (Wildman–Crippen MR) is 80.5 cm³/mol. The van der Waals surface area contributed by atoms with Gasteiger partial charge in [-0.2, -0.15) is 0 Å². The van der Waals surface area contributed by atoms with E-state index in [0.29, 0.717) is 18.8 Å². The monoisotopic (exact) mass is 276 g/mol. The molecule has 1 fully saturated rings. The first-order valence-corrected chi connectivity index (χ1v) is 7.65. The Morgan fingerprint density at radius 3 is 3.05 bits per heavy atom. The number of rotatable bonds is 4. The van der Waals surface area contributed by atoms with Crippen molar-refractivity contribution in [1.82, 2.24) is 4.90 Å². The Labute approximate surface area is 121 Å². The third kappa shape index (κ3) is 2.85. The Balaban J connectivity index is 1.62. The Hall–Kier alpha value is -1.42. The van der Waals surface area contributed by atoms with Crippen LogP contribution in [0.5, 0.6) is 11.5 Å². The van der Waals surface area contributed by atoms with Gasteiger partial charge in [0.25, 0.3) is 0 Å². The fourth-order valence-corrected chi connectivity index (χ4v) is 3.15. The van der Waals surface area contributed by atoms with Crippen LogP contribution in [0.1, 0.15) is 26.7 Å². The van der Waals surface area contributed by atoms with Crippen LogP contribution in [0.2, 0.25) is 0 Å². The third-order valence-electron chi connectivity index (χ3n) is 4.46. The lowest BCUT2D eigenvalue weighted by molar-refractivity contribution is 0.172. The Morgan fingerprint density at radius 1 is 1.35 bits per heavy atom. The molecule has 0 bridgehead atoms. The number of nitrogens with zero attached hydrogens (tertiary/aromatic N) is 1. The zero-order valence-electron chi connectivity index (χ0n) is 12.4. The molecule has 1 aromatic carbocycles. The fraction of sp³-hybridized carbons (Fsp3) is 0.625. The molecule has 2 heterocycles. The van der Waals surface area contributed by atoms with Crippen LogP contribution in [0.3, 0.4) is 0 Å². The van der Waals surface area contributed by atoms with Gasteiger partial charge in [-0.25, -0.2) is 0 Å². The third-order valence-corrected chi connectivity index (χ3v) is 4.46. The summed E-state index contributed by atoms with van der Waals surface area (Å²) in [7, 11) is 0. The number of fused-ring (bicyclic) bond motifs is 1. The molecular formula is C16H24N2O2. The summed E-state index contributed by atoms with van der Waals surface area (Å²) >= 11 is 0. The second-order valence-corrected chi connectivity index (χ2v) is 5.80. The summed E-state index contributed by atoms with van der Waals surface area (Å²) in [6, 6.07) is 6.57. The average molecular weight is 276 g/mol. The van der Waals surface area contributed by atoms with E-state index in [0.717, 1.165) is 23.7 Å². The molecule has 1 saturated heterocycles. The second-order valence-electron chi connectivity index (χ2n) is 5.80. The van der Waals surface area contributed by atoms with E-state index in [9.17, 15) is 0 Å². The molecule has 2 aliphatic heterocycles. The lowest BCUT2D eigenvalue weighted by atomic mass is 9.91. The number of hydrogen-bond donors (Lipinski definition) is 1. The van der Waals surface area contributed by atoms with Crippen LogP contribution < -0.4 is 14.8 Å². The van der Waals surface area contributed by atoms with E-state index in [1.54, 1.807) is 0 Å². The van der Waals surface area contributed by atoms with Gasteiger partial charge in [-0.3, -0.25) is 0 Å². The van der Waals surface area contributed by atoms with E-state index in [2.05, 4.69) is 30.1 Å². The van der Waals surface area contributed by atoms with Gasteiger partial charge >= 0.3 is 0 Å². The standard InChI is InChI=1S/C16H24N2O2/c1-3-18-8-4-5-13(10-18)12(2)17-14-6-7-15-16(9-14)20-11-19-15/h6-7,9,12-13,17H,3-5,8,10-11H2,1-2H3. The van der Waals surface area contributed by atoms with E-state index in [1.807, 2.05) is 12.1 Å². The highest BCUT2D eigenvalue weighted by Gasteiger charge is 2.24. The molecular weight excluding hydrogens is 252 g/mol. The molecule has 2 unspecified atom stereocenters. The molecule has 1 N–H and O–H groups in total. The van der Waals surface area contributed by atoms with E-state index < -0.39 is 0 Å². The van der Waals surface area contributed by atoms with E-state index >= 15 is 0 Å². The summed E-state index contributed by atoms with van der Waals surface area (Å²) in [4.78, 5) is 2.55. The van der Waals surface area contributed by atoms with Gasteiger partial charge in [0.05, 0.1) is 0 Å². The van der Waals surface area contributed by atoms with Crippen molar-refractivity contribution < 1.29 is 9.47 Å². The van der Waals surface area contributed by atoms with Gasteiger partial charge in [-0.1, -0.05) is 6.92 Å². The molecule has 110 valence electrons. The smallest absolute Gasteiger partial charge is 0.231 e. The summed E-state index contributed by atoms with van der Waals surface area (Å²) in [6.45, 7) is 8.49. The molecule has 0 aliphatic carbocycles. The van der Waals surface area contributed by atoms with Gasteiger partial charge in [0.1, 0.15) is 0 Å². The van der Waals surface area contributed by atoms with Crippen molar-refractivity contribution in [2.45, 2.75) is 32.7 Å². The molecule has 4 heteroatoms. The zero-order chi connectivity index (χ0) is 13.9. The van der Waals surface area contributed by atoms with E-state index in [-0.39, 0.29) is 0 Å². The number of likely N-dealkylation sites (tertiary alicyclic amines) is 1. The maximum atomic E-state index is 5.43. The number of ether oxygens (including phenoxy) is 2. The molecule has 20 heavy (non-hydrogen) atoms. The molecule has 0 saturated carbocycles. The van der Waals surface area contributed by atoms with Crippen LogP contribution in [0.15, 0.2) is 18.2 Å². The molecule has 0 aromatic heterocycles. The number of benzene rings is 1. The first-order valence-electron chi connectivity index (χ1n) is 7.65. The van der Waals surface area contributed by atoms with Gasteiger partial charge in [-0.15, -0.1) is 0 Å². The summed E-state index contributed by atoms with van der Waals surface area (Å²) in [5.41, 5.74) is 1.12. The first-order chi connectivity index (χ1) is 9.76. The fourth-order valence-electron chi connectivity index (χ4n) is 3.15. The van der Waals surface area contributed by atoms with Crippen LogP contribution >= 0.6 is 0 Å². The van der Waals surface area contributed by atoms with Gasteiger partial charge in [0, 0.05) is 24.3 Å². The molecule has 1 aromatic rings. The van der Waals surface area contributed by atoms with Crippen molar-refractivity contribution in [1.29, 1.82) is 0 Å². The topological polar surface area (TPSA) is 33.7 Å². The van der Waals surface area contributed by atoms with Crippen molar-refractivity contribution in [3.8, 4) is 11.5 Å². The Bertz CT molecular complexity index is 464. The van der Waals surface area contributed by atoms with Crippen molar-refractivity contribution in [2.24, 2.45) is 5.92 Å². The van der Waals surface area contributed by atoms with Gasteiger partial charge < -0.3 is 19.7 Å². The van der Waals surface area contributed by atoms with Gasteiger partial charge in [-0.05, 0) is 50.9 Å². The minimum Gasteiger partial charge on any atom is -0.454 e. The van der Waals surface area contributed by atoms with Crippen molar-refractivity contribution in [3.05, 3.63) is 18.2 Å². The number of piperidine rings is 1. The van der Waals surface area contributed by atoms with E-state index in [4.69, 9.17) is 9.47 Å². The van der Waals surface area contributed by atoms with Crippen LogP contribution in [-0.2, 0) is 0 Å².